The largest absolute Gasteiger partial charge is 0.335 e. The maximum atomic E-state index is 12.4. The quantitative estimate of drug-likeness (QED) is 0.828. The van der Waals surface area contributed by atoms with Gasteiger partial charge in [0.05, 0.1) is 0 Å². The average molecular weight is 273 g/mol. The fourth-order valence-electron chi connectivity index (χ4n) is 3.38. The second kappa shape index (κ2) is 5.92. The van der Waals surface area contributed by atoms with Crippen molar-refractivity contribution in [3.63, 3.8) is 0 Å². The van der Waals surface area contributed by atoms with Crippen molar-refractivity contribution >= 4 is 5.91 Å². The predicted octanol–water partition coefficient (Wildman–Crippen LogP) is 2.09. The molecule has 0 aromatic carbocycles. The van der Waals surface area contributed by atoms with E-state index in [0.717, 1.165) is 37.9 Å². The first kappa shape index (κ1) is 13.6. The molecule has 1 amide bonds. The number of hydrogen-bond acceptors (Lipinski definition) is 3. The molecule has 3 rings (SSSR count). The van der Waals surface area contributed by atoms with Crippen LogP contribution < -0.4 is 0 Å². The Balaban J connectivity index is 1.58. The third-order valence-corrected chi connectivity index (χ3v) is 4.55. The van der Waals surface area contributed by atoms with Gasteiger partial charge in [0.1, 0.15) is 5.69 Å². The molecule has 2 aliphatic rings. The van der Waals surface area contributed by atoms with Crippen LogP contribution in [0.25, 0.3) is 0 Å². The van der Waals surface area contributed by atoms with Crippen LogP contribution in [-0.4, -0.2) is 52.9 Å². The van der Waals surface area contributed by atoms with Gasteiger partial charge in [-0.3, -0.25) is 9.69 Å². The molecule has 0 N–H and O–H groups in total. The van der Waals surface area contributed by atoms with Crippen molar-refractivity contribution in [3.05, 3.63) is 29.6 Å². The highest BCUT2D eigenvalue weighted by atomic mass is 16.2. The highest BCUT2D eigenvalue weighted by Gasteiger charge is 2.28. The summed E-state index contributed by atoms with van der Waals surface area (Å²) in [5, 5.41) is 0. The Bertz CT molecular complexity index is 474. The van der Waals surface area contributed by atoms with Crippen LogP contribution in [0, 0.1) is 6.92 Å². The van der Waals surface area contributed by atoms with Crippen LogP contribution in [0.3, 0.4) is 0 Å². The fourth-order valence-corrected chi connectivity index (χ4v) is 3.38. The second-order valence-electron chi connectivity index (χ2n) is 5.93. The zero-order chi connectivity index (χ0) is 13.9. The first-order chi connectivity index (χ1) is 9.74. The minimum atomic E-state index is 0.0831. The van der Waals surface area contributed by atoms with E-state index < -0.39 is 0 Å². The number of hydrogen-bond donors (Lipinski definition) is 0. The van der Waals surface area contributed by atoms with Crippen molar-refractivity contribution in [1.29, 1.82) is 0 Å². The number of nitrogens with zero attached hydrogens (tertiary/aromatic N) is 3. The highest BCUT2D eigenvalue weighted by Crippen LogP contribution is 2.24. The zero-order valence-electron chi connectivity index (χ0n) is 12.2. The number of carbonyl (C=O) groups excluding carboxylic acids is 1. The lowest BCUT2D eigenvalue weighted by Gasteiger charge is -2.37. The molecular formula is C16H23N3O. The van der Waals surface area contributed by atoms with E-state index >= 15 is 0 Å². The van der Waals surface area contributed by atoms with Gasteiger partial charge < -0.3 is 4.90 Å². The van der Waals surface area contributed by atoms with E-state index in [2.05, 4.69) is 9.88 Å². The zero-order valence-corrected chi connectivity index (χ0v) is 12.2. The molecule has 0 atom stereocenters. The second-order valence-corrected chi connectivity index (χ2v) is 5.93. The Morgan fingerprint density at radius 3 is 2.50 bits per heavy atom. The number of aryl methyl sites for hydroxylation is 1. The summed E-state index contributed by atoms with van der Waals surface area (Å²) >= 11 is 0. The van der Waals surface area contributed by atoms with Crippen LogP contribution in [0.15, 0.2) is 18.2 Å². The topological polar surface area (TPSA) is 36.4 Å². The molecule has 1 saturated heterocycles. The van der Waals surface area contributed by atoms with E-state index in [-0.39, 0.29) is 5.91 Å². The van der Waals surface area contributed by atoms with Gasteiger partial charge in [0.15, 0.2) is 0 Å². The monoisotopic (exact) mass is 273 g/mol. The van der Waals surface area contributed by atoms with Gasteiger partial charge >= 0.3 is 0 Å². The van der Waals surface area contributed by atoms with Gasteiger partial charge in [-0.25, -0.2) is 4.98 Å². The van der Waals surface area contributed by atoms with Crippen LogP contribution in [-0.2, 0) is 0 Å². The number of piperazine rings is 1. The average Bonchev–Trinajstić information content (AvgIpc) is 3.01. The first-order valence-electron chi connectivity index (χ1n) is 7.71. The van der Waals surface area contributed by atoms with Crippen molar-refractivity contribution in [2.75, 3.05) is 26.2 Å². The summed E-state index contributed by atoms with van der Waals surface area (Å²) in [6.45, 7) is 5.63. The minimum absolute atomic E-state index is 0.0831. The molecule has 0 unspecified atom stereocenters. The standard InChI is InChI=1S/C16H23N3O/c1-13-5-4-8-15(17-13)16(20)19-11-9-18(10-12-19)14-6-2-3-7-14/h4-5,8,14H,2-3,6-7,9-12H2,1H3. The van der Waals surface area contributed by atoms with Crippen LogP contribution in [0.1, 0.15) is 41.9 Å². The van der Waals surface area contributed by atoms with Crippen molar-refractivity contribution in [3.8, 4) is 0 Å². The molecule has 0 spiro atoms. The molecule has 4 heteroatoms. The van der Waals surface area contributed by atoms with Gasteiger partial charge in [0.25, 0.3) is 5.91 Å². The molecule has 2 heterocycles. The lowest BCUT2D eigenvalue weighted by atomic mass is 10.1. The van der Waals surface area contributed by atoms with Crippen molar-refractivity contribution in [2.45, 2.75) is 38.6 Å². The fraction of sp³-hybridized carbons (Fsp3) is 0.625. The number of rotatable bonds is 2. The Hall–Kier alpha value is -1.42. The van der Waals surface area contributed by atoms with Gasteiger partial charge in [0, 0.05) is 37.9 Å². The van der Waals surface area contributed by atoms with Gasteiger partial charge in [-0.1, -0.05) is 18.9 Å². The van der Waals surface area contributed by atoms with E-state index in [4.69, 9.17) is 0 Å². The van der Waals surface area contributed by atoms with Crippen molar-refractivity contribution < 1.29 is 4.79 Å². The van der Waals surface area contributed by atoms with Gasteiger partial charge in [0.2, 0.25) is 0 Å². The molecule has 0 bridgehead atoms. The van der Waals surface area contributed by atoms with E-state index in [9.17, 15) is 4.79 Å². The molecule has 108 valence electrons. The molecule has 2 fully saturated rings. The smallest absolute Gasteiger partial charge is 0.272 e. The Labute approximate surface area is 120 Å². The van der Waals surface area contributed by atoms with Gasteiger partial charge in [-0.05, 0) is 31.9 Å². The summed E-state index contributed by atoms with van der Waals surface area (Å²) in [5.41, 5.74) is 1.49. The molecule has 1 aliphatic carbocycles. The summed E-state index contributed by atoms with van der Waals surface area (Å²) in [6, 6.07) is 6.42. The highest BCUT2D eigenvalue weighted by molar-refractivity contribution is 5.92. The molecule has 1 aromatic rings. The van der Waals surface area contributed by atoms with Gasteiger partial charge in [-0.15, -0.1) is 0 Å². The lowest BCUT2D eigenvalue weighted by Crippen LogP contribution is -2.51. The first-order valence-corrected chi connectivity index (χ1v) is 7.71. The molecule has 4 nitrogen and oxygen atoms in total. The number of aromatic nitrogens is 1. The van der Waals surface area contributed by atoms with Crippen LogP contribution in [0.2, 0.25) is 0 Å². The lowest BCUT2D eigenvalue weighted by molar-refractivity contribution is 0.0568. The van der Waals surface area contributed by atoms with Crippen LogP contribution >= 0.6 is 0 Å². The van der Waals surface area contributed by atoms with Crippen LogP contribution in [0.5, 0.6) is 0 Å². The molecule has 1 aliphatic heterocycles. The number of amides is 1. The van der Waals surface area contributed by atoms with Crippen molar-refractivity contribution in [2.24, 2.45) is 0 Å². The van der Waals surface area contributed by atoms with E-state index in [1.165, 1.54) is 25.7 Å². The Morgan fingerprint density at radius 2 is 1.85 bits per heavy atom. The van der Waals surface area contributed by atoms with Crippen LogP contribution in [0.4, 0.5) is 0 Å². The van der Waals surface area contributed by atoms with Crippen molar-refractivity contribution in [1.82, 2.24) is 14.8 Å². The maximum Gasteiger partial charge on any atom is 0.272 e. The summed E-state index contributed by atoms with van der Waals surface area (Å²) in [5.74, 6) is 0.0831. The normalized spacial score (nSPS) is 21.4. The SMILES string of the molecule is Cc1cccc(C(=O)N2CCN(C3CCCC3)CC2)n1. The molecule has 20 heavy (non-hydrogen) atoms. The molecule has 1 saturated carbocycles. The van der Waals surface area contributed by atoms with E-state index in [0.29, 0.717) is 5.69 Å². The number of carbonyl (C=O) groups is 1. The Kier molecular flexibility index (Phi) is 4.01. The molecule has 0 radical (unpaired) electrons. The Morgan fingerprint density at radius 1 is 1.15 bits per heavy atom. The summed E-state index contributed by atoms with van der Waals surface area (Å²) < 4.78 is 0. The maximum absolute atomic E-state index is 12.4. The van der Waals surface area contributed by atoms with E-state index in [1.807, 2.05) is 30.0 Å². The third-order valence-electron chi connectivity index (χ3n) is 4.55. The van der Waals surface area contributed by atoms with E-state index in [1.54, 1.807) is 0 Å². The minimum Gasteiger partial charge on any atom is -0.335 e. The molecule has 1 aromatic heterocycles. The van der Waals surface area contributed by atoms with Gasteiger partial charge in [-0.2, -0.15) is 0 Å². The predicted molar refractivity (Wildman–Crippen MR) is 78.7 cm³/mol. The summed E-state index contributed by atoms with van der Waals surface area (Å²) in [4.78, 5) is 21.3. The molecular weight excluding hydrogens is 250 g/mol. The number of pyridine rings is 1. The summed E-state index contributed by atoms with van der Waals surface area (Å²) in [6.07, 6.45) is 5.43. The summed E-state index contributed by atoms with van der Waals surface area (Å²) in [7, 11) is 0. The third kappa shape index (κ3) is 2.85.